The number of hydrazine groups is 3. The van der Waals surface area contributed by atoms with Gasteiger partial charge in [-0.05, 0) is 34.4 Å². The van der Waals surface area contributed by atoms with E-state index in [9.17, 15) is 9.59 Å². The molecule has 0 saturated carbocycles. The summed E-state index contributed by atoms with van der Waals surface area (Å²) in [6.45, 7) is 0.258. The Morgan fingerprint density at radius 3 is 1.86 bits per heavy atom. The molecule has 0 radical (unpaired) electrons. The van der Waals surface area contributed by atoms with Crippen LogP contribution in [-0.4, -0.2) is 16.7 Å². The highest BCUT2D eigenvalue weighted by Crippen LogP contribution is 2.29. The summed E-state index contributed by atoms with van der Waals surface area (Å²) in [7, 11) is 0. The van der Waals surface area contributed by atoms with Crippen LogP contribution in [0.1, 0.15) is 38.0 Å². The van der Waals surface area contributed by atoms with E-state index < -0.39 is 0 Å². The molecule has 1 fully saturated rings. The minimum atomic E-state index is -0.238. The number of nitrogens with one attached hydrogen (secondary N) is 4. The second-order valence-electron chi connectivity index (χ2n) is 7.00. The van der Waals surface area contributed by atoms with Gasteiger partial charge in [-0.3, -0.25) is 14.5 Å². The molecule has 3 aromatic carbocycles. The molecule has 2 amide bonds. The summed E-state index contributed by atoms with van der Waals surface area (Å²) in [5, 5.41) is 0. The lowest BCUT2D eigenvalue weighted by molar-refractivity contribution is 0.0642. The fourth-order valence-corrected chi connectivity index (χ4v) is 3.77. The zero-order valence-corrected chi connectivity index (χ0v) is 15.5. The molecule has 29 heavy (non-hydrogen) atoms. The van der Waals surface area contributed by atoms with Crippen LogP contribution in [0.15, 0.2) is 72.8 Å². The summed E-state index contributed by atoms with van der Waals surface area (Å²) in [4.78, 5) is 26.4. The zero-order valence-electron chi connectivity index (χ0n) is 15.5. The summed E-state index contributed by atoms with van der Waals surface area (Å²) in [6.07, 6.45) is -0.0655. The van der Waals surface area contributed by atoms with Gasteiger partial charge in [-0.1, -0.05) is 60.7 Å². The predicted octanol–water partition coefficient (Wildman–Crippen LogP) is 2.27. The number of fused-ring (bicyclic) bond motifs is 1. The van der Waals surface area contributed by atoms with E-state index in [0.29, 0.717) is 11.1 Å². The molecule has 0 atom stereocenters. The van der Waals surface area contributed by atoms with E-state index in [1.54, 1.807) is 24.3 Å². The lowest BCUT2D eigenvalue weighted by Gasteiger charge is -2.16. The van der Waals surface area contributed by atoms with E-state index in [2.05, 4.69) is 34.1 Å². The molecule has 3 aromatic rings. The van der Waals surface area contributed by atoms with Gasteiger partial charge >= 0.3 is 0 Å². The van der Waals surface area contributed by atoms with Gasteiger partial charge in [-0.2, -0.15) is 11.1 Å². The maximum Gasteiger partial charge on any atom is 0.261 e. The first-order chi connectivity index (χ1) is 14.2. The Morgan fingerprint density at radius 2 is 1.24 bits per heavy atom. The molecule has 144 valence electrons. The largest absolute Gasteiger partial charge is 0.270 e. The number of hydrogen-bond donors (Lipinski definition) is 4. The van der Waals surface area contributed by atoms with Gasteiger partial charge in [0.2, 0.25) is 0 Å². The fourth-order valence-electron chi connectivity index (χ4n) is 3.77. The van der Waals surface area contributed by atoms with Crippen molar-refractivity contribution < 1.29 is 9.59 Å². The van der Waals surface area contributed by atoms with Crippen molar-refractivity contribution in [2.75, 3.05) is 0 Å². The Labute approximate surface area is 167 Å². The van der Waals surface area contributed by atoms with Crippen LogP contribution in [0, 0.1) is 0 Å². The average Bonchev–Trinajstić information content (AvgIpc) is 3.39. The number of carbonyl (C=O) groups is 2. The van der Waals surface area contributed by atoms with Gasteiger partial charge in [-0.25, -0.2) is 10.9 Å². The highest BCUT2D eigenvalue weighted by Gasteiger charge is 2.34. The first-order valence-electron chi connectivity index (χ1n) is 9.37. The first-order valence-corrected chi connectivity index (χ1v) is 9.37. The molecule has 0 spiro atoms. The van der Waals surface area contributed by atoms with Crippen molar-refractivity contribution in [1.82, 2.24) is 26.8 Å². The number of hydrogen-bond acceptors (Lipinski definition) is 6. The van der Waals surface area contributed by atoms with E-state index in [0.717, 1.165) is 22.3 Å². The third-order valence-corrected chi connectivity index (χ3v) is 5.25. The highest BCUT2D eigenvalue weighted by atomic mass is 16.2. The summed E-state index contributed by atoms with van der Waals surface area (Å²) in [5.74, 6) is -0.475. The Bertz CT molecular complexity index is 1060. The topological polar surface area (TPSA) is 85.5 Å². The molecule has 0 aliphatic carbocycles. The Hall–Kier alpha value is -3.36. The molecule has 2 aliphatic heterocycles. The summed E-state index contributed by atoms with van der Waals surface area (Å²) < 4.78 is 0. The quantitative estimate of drug-likeness (QED) is 0.516. The monoisotopic (exact) mass is 385 g/mol. The predicted molar refractivity (Wildman–Crippen MR) is 108 cm³/mol. The van der Waals surface area contributed by atoms with Crippen molar-refractivity contribution in [3.05, 3.63) is 95.1 Å². The Morgan fingerprint density at radius 1 is 0.690 bits per heavy atom. The SMILES string of the molecule is O=C1c2ccccc2C(=O)N1Cc1ccc(-c2ccccc2C2NNNN2)cc1. The van der Waals surface area contributed by atoms with Gasteiger partial charge < -0.3 is 0 Å². The van der Waals surface area contributed by atoms with Crippen LogP contribution in [0.2, 0.25) is 0 Å². The fraction of sp³-hybridized carbons (Fsp3) is 0.0909. The number of imide groups is 1. The molecule has 5 rings (SSSR count). The number of carbonyl (C=O) groups excluding carboxylic acids is 2. The van der Waals surface area contributed by atoms with Crippen LogP contribution < -0.4 is 21.9 Å². The van der Waals surface area contributed by atoms with Gasteiger partial charge in [0.15, 0.2) is 0 Å². The molecule has 7 nitrogen and oxygen atoms in total. The smallest absolute Gasteiger partial charge is 0.261 e. The molecule has 7 heteroatoms. The minimum Gasteiger partial charge on any atom is -0.270 e. The maximum atomic E-state index is 12.6. The van der Waals surface area contributed by atoms with Crippen molar-refractivity contribution in [1.29, 1.82) is 0 Å². The number of benzene rings is 3. The third kappa shape index (κ3) is 3.12. The van der Waals surface area contributed by atoms with E-state index in [4.69, 9.17) is 0 Å². The van der Waals surface area contributed by atoms with Gasteiger partial charge in [0.25, 0.3) is 11.8 Å². The van der Waals surface area contributed by atoms with Gasteiger partial charge in [-0.15, -0.1) is 0 Å². The summed E-state index contributed by atoms with van der Waals surface area (Å²) >= 11 is 0. The van der Waals surface area contributed by atoms with Crippen molar-refractivity contribution in [3.8, 4) is 11.1 Å². The van der Waals surface area contributed by atoms with E-state index in [1.165, 1.54) is 4.90 Å². The van der Waals surface area contributed by atoms with Crippen molar-refractivity contribution in [2.45, 2.75) is 12.7 Å². The van der Waals surface area contributed by atoms with E-state index >= 15 is 0 Å². The molecule has 0 bridgehead atoms. The average molecular weight is 385 g/mol. The molecular weight excluding hydrogens is 366 g/mol. The van der Waals surface area contributed by atoms with Crippen LogP contribution in [0.25, 0.3) is 11.1 Å². The van der Waals surface area contributed by atoms with Crippen LogP contribution in [0.5, 0.6) is 0 Å². The molecule has 4 N–H and O–H groups in total. The highest BCUT2D eigenvalue weighted by molar-refractivity contribution is 6.21. The Balaban J connectivity index is 1.38. The third-order valence-electron chi connectivity index (χ3n) is 5.25. The number of nitrogens with zero attached hydrogens (tertiary/aromatic N) is 1. The molecule has 0 aromatic heterocycles. The maximum absolute atomic E-state index is 12.6. The van der Waals surface area contributed by atoms with Gasteiger partial charge in [0, 0.05) is 0 Å². The molecular formula is C22H19N5O2. The van der Waals surface area contributed by atoms with Crippen LogP contribution in [-0.2, 0) is 6.54 Å². The van der Waals surface area contributed by atoms with Crippen molar-refractivity contribution in [3.63, 3.8) is 0 Å². The second kappa shape index (κ2) is 7.23. The molecule has 0 unspecified atom stereocenters. The molecule has 1 saturated heterocycles. The van der Waals surface area contributed by atoms with Crippen LogP contribution in [0.3, 0.4) is 0 Å². The summed E-state index contributed by atoms with van der Waals surface area (Å²) in [5.41, 5.74) is 17.0. The van der Waals surface area contributed by atoms with Crippen molar-refractivity contribution >= 4 is 11.8 Å². The molecule has 2 aliphatic rings. The number of amides is 2. The molecule has 2 heterocycles. The standard InChI is InChI=1S/C22H19N5O2/c28-21-18-7-3-4-8-19(18)22(29)27(21)13-14-9-11-15(12-10-14)16-5-1-2-6-17(16)20-23-25-26-24-20/h1-12,20,23-26H,13H2. The van der Waals surface area contributed by atoms with E-state index in [1.807, 2.05) is 36.4 Å². The normalized spacial score (nSPS) is 16.5. The number of rotatable bonds is 4. The van der Waals surface area contributed by atoms with Gasteiger partial charge in [0.1, 0.15) is 6.17 Å². The Kier molecular flexibility index (Phi) is 4.42. The summed E-state index contributed by atoms with van der Waals surface area (Å²) in [6, 6.07) is 23.0. The first kappa shape index (κ1) is 17.7. The van der Waals surface area contributed by atoms with Crippen LogP contribution >= 0.6 is 0 Å². The van der Waals surface area contributed by atoms with Crippen LogP contribution in [0.4, 0.5) is 0 Å². The lowest BCUT2D eigenvalue weighted by Crippen LogP contribution is -2.33. The minimum absolute atomic E-state index is 0.0655. The van der Waals surface area contributed by atoms with E-state index in [-0.39, 0.29) is 24.5 Å². The van der Waals surface area contributed by atoms with Gasteiger partial charge in [0.05, 0.1) is 17.7 Å². The zero-order chi connectivity index (χ0) is 19.8. The second-order valence-corrected chi connectivity index (χ2v) is 7.00. The lowest BCUT2D eigenvalue weighted by atomic mass is 9.97. The van der Waals surface area contributed by atoms with Crippen molar-refractivity contribution in [2.24, 2.45) is 0 Å².